The number of alkyl halides is 1. The Balaban J connectivity index is 2.43. The first-order valence-electron chi connectivity index (χ1n) is 5.08. The Morgan fingerprint density at radius 3 is 2.75 bits per heavy atom. The van der Waals surface area contributed by atoms with Gasteiger partial charge in [0, 0.05) is 27.2 Å². The van der Waals surface area contributed by atoms with Crippen molar-refractivity contribution in [1.29, 1.82) is 0 Å². The van der Waals surface area contributed by atoms with E-state index in [2.05, 4.69) is 10.4 Å². The van der Waals surface area contributed by atoms with Crippen molar-refractivity contribution in [3.05, 3.63) is 16.4 Å². The van der Waals surface area contributed by atoms with Crippen molar-refractivity contribution < 1.29 is 4.74 Å². The average molecular weight is 266 g/mol. The summed E-state index contributed by atoms with van der Waals surface area (Å²) in [5, 5.41) is 8.14. The highest BCUT2D eigenvalue weighted by Gasteiger charge is 2.11. The number of hydrogen-bond donors (Lipinski definition) is 1. The molecule has 16 heavy (non-hydrogen) atoms. The molecule has 0 spiro atoms. The molecule has 1 aromatic heterocycles. The van der Waals surface area contributed by atoms with Crippen molar-refractivity contribution >= 4 is 23.2 Å². The van der Waals surface area contributed by atoms with E-state index in [0.717, 1.165) is 11.4 Å². The lowest BCUT2D eigenvalue weighted by Gasteiger charge is -2.10. The van der Waals surface area contributed by atoms with Gasteiger partial charge < -0.3 is 10.1 Å². The fourth-order valence-corrected chi connectivity index (χ4v) is 1.92. The van der Waals surface area contributed by atoms with Gasteiger partial charge in [-0.3, -0.25) is 4.68 Å². The van der Waals surface area contributed by atoms with Crippen molar-refractivity contribution in [1.82, 2.24) is 15.1 Å². The molecule has 4 nitrogen and oxygen atoms in total. The van der Waals surface area contributed by atoms with Gasteiger partial charge >= 0.3 is 0 Å². The summed E-state index contributed by atoms with van der Waals surface area (Å²) >= 11 is 12.1. The molecule has 1 N–H and O–H groups in total. The van der Waals surface area contributed by atoms with Crippen LogP contribution >= 0.6 is 23.2 Å². The van der Waals surface area contributed by atoms with Gasteiger partial charge in [0.15, 0.2) is 0 Å². The lowest BCUT2D eigenvalue weighted by atomic mass is 10.3. The number of methoxy groups -OCH3 is 1. The number of halogens is 2. The molecule has 0 saturated carbocycles. The second-order valence-corrected chi connectivity index (χ2v) is 4.65. The van der Waals surface area contributed by atoms with Crippen LogP contribution in [0, 0.1) is 6.92 Å². The van der Waals surface area contributed by atoms with Crippen LogP contribution < -0.4 is 5.32 Å². The molecular formula is C10H17Cl2N3O. The lowest BCUT2D eigenvalue weighted by molar-refractivity contribution is 0.197. The third-order valence-corrected chi connectivity index (χ3v) is 3.04. The van der Waals surface area contributed by atoms with Gasteiger partial charge in [-0.1, -0.05) is 11.6 Å². The van der Waals surface area contributed by atoms with Gasteiger partial charge in [0.05, 0.1) is 28.4 Å². The highest BCUT2D eigenvalue weighted by Crippen LogP contribution is 2.18. The molecule has 92 valence electrons. The zero-order valence-electron chi connectivity index (χ0n) is 9.76. The van der Waals surface area contributed by atoms with Crippen molar-refractivity contribution in [3.63, 3.8) is 0 Å². The quantitative estimate of drug-likeness (QED) is 0.797. The summed E-state index contributed by atoms with van der Waals surface area (Å²) in [5.74, 6) is 0. The number of ether oxygens (including phenoxy) is 1. The molecule has 0 amide bonds. The minimum atomic E-state index is -0.0295. The molecule has 1 aromatic rings. The molecule has 0 bridgehead atoms. The molecule has 0 saturated heterocycles. The molecule has 0 aliphatic rings. The second-order valence-electron chi connectivity index (χ2n) is 3.65. The van der Waals surface area contributed by atoms with E-state index in [-0.39, 0.29) is 5.38 Å². The topological polar surface area (TPSA) is 39.1 Å². The van der Waals surface area contributed by atoms with Gasteiger partial charge in [-0.15, -0.1) is 11.6 Å². The van der Waals surface area contributed by atoms with Gasteiger partial charge in [0.25, 0.3) is 0 Å². The van der Waals surface area contributed by atoms with Crippen LogP contribution in [0.15, 0.2) is 0 Å². The zero-order valence-corrected chi connectivity index (χ0v) is 11.3. The normalized spacial score (nSPS) is 13.1. The van der Waals surface area contributed by atoms with Crippen LogP contribution in [0.1, 0.15) is 11.4 Å². The van der Waals surface area contributed by atoms with Gasteiger partial charge in [0.1, 0.15) is 0 Å². The van der Waals surface area contributed by atoms with E-state index >= 15 is 0 Å². The minimum Gasteiger partial charge on any atom is -0.383 e. The Kier molecular flexibility index (Phi) is 5.55. The van der Waals surface area contributed by atoms with E-state index in [0.29, 0.717) is 24.7 Å². The van der Waals surface area contributed by atoms with Crippen molar-refractivity contribution in [3.8, 4) is 0 Å². The number of aromatic nitrogens is 2. The molecule has 1 rings (SSSR count). The van der Waals surface area contributed by atoms with Crippen molar-refractivity contribution in [2.24, 2.45) is 7.05 Å². The molecule has 1 heterocycles. The minimum absolute atomic E-state index is 0.0295. The Morgan fingerprint density at radius 1 is 1.56 bits per heavy atom. The maximum Gasteiger partial charge on any atom is 0.0860 e. The second kappa shape index (κ2) is 6.45. The molecule has 0 aliphatic heterocycles. The molecule has 0 aliphatic carbocycles. The van der Waals surface area contributed by atoms with Crippen molar-refractivity contribution in [2.75, 3.05) is 20.3 Å². The summed E-state index contributed by atoms with van der Waals surface area (Å²) < 4.78 is 6.72. The van der Waals surface area contributed by atoms with Crippen LogP contribution in [0.3, 0.4) is 0 Å². The van der Waals surface area contributed by atoms with Crippen LogP contribution in [0.5, 0.6) is 0 Å². The number of rotatable bonds is 6. The molecule has 0 fully saturated rings. The summed E-state index contributed by atoms with van der Waals surface area (Å²) in [5.41, 5.74) is 1.82. The van der Waals surface area contributed by atoms with Crippen LogP contribution in [0.25, 0.3) is 0 Å². The SMILES string of the molecule is COCC(Cl)CNCc1c(Cl)c(C)nn1C. The van der Waals surface area contributed by atoms with Crippen LogP contribution in [0.4, 0.5) is 0 Å². The van der Waals surface area contributed by atoms with E-state index in [4.69, 9.17) is 27.9 Å². The van der Waals surface area contributed by atoms with E-state index in [9.17, 15) is 0 Å². The fourth-order valence-electron chi connectivity index (χ4n) is 1.46. The third-order valence-electron chi connectivity index (χ3n) is 2.27. The summed E-state index contributed by atoms with van der Waals surface area (Å²) in [4.78, 5) is 0. The highest BCUT2D eigenvalue weighted by molar-refractivity contribution is 6.31. The molecule has 1 unspecified atom stereocenters. The van der Waals surface area contributed by atoms with E-state index in [1.165, 1.54) is 0 Å². The molecular weight excluding hydrogens is 249 g/mol. The fraction of sp³-hybridized carbons (Fsp3) is 0.700. The van der Waals surface area contributed by atoms with Gasteiger partial charge in [-0.05, 0) is 6.92 Å². The Morgan fingerprint density at radius 2 is 2.25 bits per heavy atom. The average Bonchev–Trinajstić information content (AvgIpc) is 2.45. The first-order chi connectivity index (χ1) is 7.56. The monoisotopic (exact) mass is 265 g/mol. The molecule has 0 aromatic carbocycles. The summed E-state index contributed by atoms with van der Waals surface area (Å²) in [7, 11) is 3.51. The first-order valence-corrected chi connectivity index (χ1v) is 5.89. The summed E-state index contributed by atoms with van der Waals surface area (Å²) in [6.07, 6.45) is 0. The smallest absolute Gasteiger partial charge is 0.0860 e. The number of nitrogens with one attached hydrogen (secondary N) is 1. The maximum absolute atomic E-state index is 6.11. The number of aryl methyl sites for hydroxylation is 2. The van der Waals surface area contributed by atoms with E-state index in [1.807, 2.05) is 14.0 Å². The van der Waals surface area contributed by atoms with Gasteiger partial charge in [-0.25, -0.2) is 0 Å². The predicted octanol–water partition coefficient (Wildman–Crippen LogP) is 1.73. The van der Waals surface area contributed by atoms with Crippen LogP contribution in [0.2, 0.25) is 5.02 Å². The molecule has 6 heteroatoms. The van der Waals surface area contributed by atoms with Gasteiger partial charge in [-0.2, -0.15) is 5.10 Å². The number of hydrogen-bond acceptors (Lipinski definition) is 3. The Bertz CT molecular complexity index is 341. The lowest BCUT2D eigenvalue weighted by Crippen LogP contribution is -2.26. The van der Waals surface area contributed by atoms with E-state index < -0.39 is 0 Å². The predicted molar refractivity (Wildman–Crippen MR) is 66.2 cm³/mol. The standard InChI is InChI=1S/C10H17Cl2N3O/c1-7-10(12)9(15(2)14-7)5-13-4-8(11)6-16-3/h8,13H,4-6H2,1-3H3. The Labute approximate surface area is 106 Å². The summed E-state index contributed by atoms with van der Waals surface area (Å²) in [6, 6.07) is 0. The first kappa shape index (κ1) is 13.8. The van der Waals surface area contributed by atoms with Crippen LogP contribution in [-0.4, -0.2) is 35.4 Å². The third kappa shape index (κ3) is 3.63. The van der Waals surface area contributed by atoms with Crippen molar-refractivity contribution in [2.45, 2.75) is 18.8 Å². The zero-order chi connectivity index (χ0) is 12.1. The molecule has 0 radical (unpaired) electrons. The largest absolute Gasteiger partial charge is 0.383 e. The van der Waals surface area contributed by atoms with Gasteiger partial charge in [0.2, 0.25) is 0 Å². The van der Waals surface area contributed by atoms with E-state index in [1.54, 1.807) is 11.8 Å². The highest BCUT2D eigenvalue weighted by atomic mass is 35.5. The number of nitrogens with zero attached hydrogens (tertiary/aromatic N) is 2. The van der Waals surface area contributed by atoms with Crippen LogP contribution in [-0.2, 0) is 18.3 Å². The maximum atomic E-state index is 6.11. The molecule has 1 atom stereocenters. The Hall–Kier alpha value is -0.290. The summed E-state index contributed by atoms with van der Waals surface area (Å²) in [6.45, 7) is 3.76.